The lowest BCUT2D eigenvalue weighted by Crippen LogP contribution is -2.24. The van der Waals surface area contributed by atoms with Crippen molar-refractivity contribution in [2.24, 2.45) is 0 Å². The first kappa shape index (κ1) is 24.4. The highest BCUT2D eigenvalue weighted by Gasteiger charge is 2.16. The Morgan fingerprint density at radius 1 is 1.17 bits per heavy atom. The molecule has 0 fully saturated rings. The van der Waals surface area contributed by atoms with Crippen molar-refractivity contribution in [2.75, 3.05) is 0 Å². The Morgan fingerprint density at radius 3 is 2.64 bits per heavy atom. The molecule has 0 atom stereocenters. The van der Waals surface area contributed by atoms with Crippen molar-refractivity contribution in [1.82, 2.24) is 20.1 Å². The van der Waals surface area contributed by atoms with Gasteiger partial charge in [0.1, 0.15) is 23.1 Å². The van der Waals surface area contributed by atoms with Crippen LogP contribution in [0.25, 0.3) is 23.0 Å². The van der Waals surface area contributed by atoms with Gasteiger partial charge in [-0.05, 0) is 74.4 Å². The summed E-state index contributed by atoms with van der Waals surface area (Å²) < 4.78 is 7.63. The van der Waals surface area contributed by atoms with Crippen LogP contribution in [0.1, 0.15) is 30.5 Å². The van der Waals surface area contributed by atoms with E-state index in [0.717, 1.165) is 28.1 Å². The minimum atomic E-state index is -0.461. The van der Waals surface area contributed by atoms with Crippen LogP contribution < -0.4 is 10.1 Å². The molecule has 180 valence electrons. The number of carbonyl (C=O) groups excluding carboxylic acids is 1. The third-order valence-corrected chi connectivity index (χ3v) is 5.42. The van der Waals surface area contributed by atoms with Gasteiger partial charge in [-0.15, -0.1) is 0 Å². The number of benzene rings is 2. The highest BCUT2D eigenvalue weighted by molar-refractivity contribution is 6.02. The molecule has 0 aliphatic rings. The molecule has 1 amide bonds. The summed E-state index contributed by atoms with van der Waals surface area (Å²) in [6.45, 7) is 6.23. The van der Waals surface area contributed by atoms with Crippen molar-refractivity contribution in [3.63, 3.8) is 0 Å². The van der Waals surface area contributed by atoms with E-state index in [9.17, 15) is 10.1 Å². The van der Waals surface area contributed by atoms with Crippen LogP contribution >= 0.6 is 0 Å². The number of pyridine rings is 1. The number of hydrogen-bond acceptors (Lipinski definition) is 5. The number of ether oxygens (including phenoxy) is 1. The fourth-order valence-electron chi connectivity index (χ4n) is 3.70. The molecule has 0 saturated carbocycles. The Hall–Kier alpha value is -4.70. The number of para-hydroxylation sites is 1. The molecule has 7 heteroatoms. The second kappa shape index (κ2) is 11.2. The number of rotatable bonds is 8. The first-order valence-corrected chi connectivity index (χ1v) is 11.7. The van der Waals surface area contributed by atoms with Gasteiger partial charge in [0.15, 0.2) is 0 Å². The number of aromatic nitrogens is 3. The predicted molar refractivity (Wildman–Crippen MR) is 139 cm³/mol. The zero-order valence-electron chi connectivity index (χ0n) is 20.5. The Balaban J connectivity index is 1.71. The number of carbonyl (C=O) groups is 1. The van der Waals surface area contributed by atoms with E-state index in [1.165, 1.54) is 0 Å². The molecule has 0 spiro atoms. The Labute approximate surface area is 210 Å². The van der Waals surface area contributed by atoms with Crippen molar-refractivity contribution < 1.29 is 9.53 Å². The summed E-state index contributed by atoms with van der Waals surface area (Å²) in [5, 5.41) is 17.4. The Bertz CT molecular complexity index is 1420. The van der Waals surface area contributed by atoms with Crippen LogP contribution in [0.15, 0.2) is 84.8 Å². The maximum absolute atomic E-state index is 12.8. The lowest BCUT2D eigenvalue weighted by atomic mass is 10.0. The smallest absolute Gasteiger partial charge is 0.262 e. The van der Waals surface area contributed by atoms with Gasteiger partial charge in [-0.3, -0.25) is 9.78 Å². The summed E-state index contributed by atoms with van der Waals surface area (Å²) in [5.41, 5.74) is 4.85. The van der Waals surface area contributed by atoms with E-state index >= 15 is 0 Å². The Kier molecular flexibility index (Phi) is 7.57. The lowest BCUT2D eigenvalue weighted by Gasteiger charge is -2.13. The highest BCUT2D eigenvalue weighted by atomic mass is 16.5. The number of nitriles is 1. The van der Waals surface area contributed by atoms with Crippen LogP contribution in [-0.2, 0) is 11.3 Å². The van der Waals surface area contributed by atoms with Gasteiger partial charge in [0.05, 0.1) is 11.8 Å². The fourth-order valence-corrected chi connectivity index (χ4v) is 3.70. The van der Waals surface area contributed by atoms with Gasteiger partial charge in [-0.25, -0.2) is 4.68 Å². The molecule has 2 heterocycles. The summed E-state index contributed by atoms with van der Waals surface area (Å²) in [6, 6.07) is 21.2. The number of nitrogens with one attached hydrogen (secondary N) is 1. The van der Waals surface area contributed by atoms with Crippen molar-refractivity contribution >= 4 is 12.0 Å². The first-order chi connectivity index (χ1) is 17.4. The summed E-state index contributed by atoms with van der Waals surface area (Å²) in [4.78, 5) is 16.9. The fraction of sp³-hybridized carbons (Fsp3) is 0.172. The second-order valence-corrected chi connectivity index (χ2v) is 8.57. The minimum absolute atomic E-state index is 0.00997. The zero-order chi connectivity index (χ0) is 25.5. The van der Waals surface area contributed by atoms with Crippen molar-refractivity contribution in [1.29, 1.82) is 5.26 Å². The Morgan fingerprint density at radius 2 is 1.97 bits per heavy atom. The number of amides is 1. The predicted octanol–water partition coefficient (Wildman–Crippen LogP) is 5.25. The van der Waals surface area contributed by atoms with Crippen molar-refractivity contribution in [3.8, 4) is 28.8 Å². The number of aryl methyl sites for hydroxylation is 1. The van der Waals surface area contributed by atoms with E-state index in [2.05, 4.69) is 10.3 Å². The molecule has 0 aliphatic carbocycles. The minimum Gasteiger partial charge on any atom is -0.491 e. The summed E-state index contributed by atoms with van der Waals surface area (Å²) >= 11 is 0. The van der Waals surface area contributed by atoms with Crippen LogP contribution in [0.3, 0.4) is 0 Å². The molecule has 0 saturated heterocycles. The molecule has 2 aromatic heterocycles. The van der Waals surface area contributed by atoms with E-state index in [-0.39, 0.29) is 18.2 Å². The summed E-state index contributed by atoms with van der Waals surface area (Å²) in [7, 11) is 0. The molecule has 2 aromatic carbocycles. The summed E-state index contributed by atoms with van der Waals surface area (Å²) in [6.07, 6.45) is 6.81. The SMILES string of the molecule is Cc1cc(-c2nn(-c3ccccc3)cc2/C=C(\C#N)C(=O)NCc2cccnc2)ccc1OC(C)C. The third kappa shape index (κ3) is 5.86. The molecular formula is C29H27N5O2. The van der Waals surface area contributed by atoms with Crippen LogP contribution in [0, 0.1) is 18.3 Å². The lowest BCUT2D eigenvalue weighted by molar-refractivity contribution is -0.117. The van der Waals surface area contributed by atoms with Gasteiger partial charge < -0.3 is 10.1 Å². The van der Waals surface area contributed by atoms with E-state index in [4.69, 9.17) is 9.84 Å². The molecule has 4 rings (SSSR count). The van der Waals surface area contributed by atoms with Gasteiger partial charge in [0, 0.05) is 36.3 Å². The van der Waals surface area contributed by atoms with Gasteiger partial charge in [-0.2, -0.15) is 10.4 Å². The van der Waals surface area contributed by atoms with Gasteiger partial charge >= 0.3 is 0 Å². The molecule has 4 aromatic rings. The van der Waals surface area contributed by atoms with Crippen LogP contribution in [0.4, 0.5) is 0 Å². The maximum Gasteiger partial charge on any atom is 0.262 e. The standard InChI is InChI=1S/C29H27N5O2/c1-20(2)36-27-12-11-23(14-21(27)3)28-25(19-34(33-28)26-9-5-4-6-10-26)15-24(16-30)29(35)32-18-22-8-7-13-31-17-22/h4-15,17,19-20H,18H2,1-3H3,(H,32,35)/b24-15+. The van der Waals surface area contributed by atoms with E-state index in [1.54, 1.807) is 29.2 Å². The van der Waals surface area contributed by atoms with E-state index in [1.807, 2.05) is 87.6 Å². The van der Waals surface area contributed by atoms with E-state index in [0.29, 0.717) is 11.3 Å². The molecule has 36 heavy (non-hydrogen) atoms. The topological polar surface area (TPSA) is 92.8 Å². The second-order valence-electron chi connectivity index (χ2n) is 8.57. The van der Waals surface area contributed by atoms with E-state index < -0.39 is 5.91 Å². The summed E-state index contributed by atoms with van der Waals surface area (Å²) in [5.74, 6) is 0.345. The zero-order valence-corrected chi connectivity index (χ0v) is 20.5. The average molecular weight is 478 g/mol. The number of nitrogens with zero attached hydrogens (tertiary/aromatic N) is 4. The molecule has 0 aliphatic heterocycles. The van der Waals surface area contributed by atoms with Gasteiger partial charge in [0.25, 0.3) is 5.91 Å². The van der Waals surface area contributed by atoms with Crippen molar-refractivity contribution in [3.05, 3.63) is 102 Å². The molecule has 1 N–H and O–H groups in total. The molecule has 0 radical (unpaired) electrons. The van der Waals surface area contributed by atoms with Crippen LogP contribution in [0.2, 0.25) is 0 Å². The molecule has 7 nitrogen and oxygen atoms in total. The van der Waals surface area contributed by atoms with Gasteiger partial charge in [0.2, 0.25) is 0 Å². The highest BCUT2D eigenvalue weighted by Crippen LogP contribution is 2.30. The third-order valence-electron chi connectivity index (χ3n) is 5.42. The maximum atomic E-state index is 12.8. The van der Waals surface area contributed by atoms with Crippen LogP contribution in [0.5, 0.6) is 5.75 Å². The largest absolute Gasteiger partial charge is 0.491 e. The number of hydrogen-bond donors (Lipinski definition) is 1. The monoisotopic (exact) mass is 477 g/mol. The van der Waals surface area contributed by atoms with Gasteiger partial charge in [-0.1, -0.05) is 24.3 Å². The molecular weight excluding hydrogens is 450 g/mol. The first-order valence-electron chi connectivity index (χ1n) is 11.7. The quantitative estimate of drug-likeness (QED) is 0.276. The normalized spacial score (nSPS) is 11.2. The van der Waals surface area contributed by atoms with Crippen molar-refractivity contribution in [2.45, 2.75) is 33.4 Å². The molecule has 0 bridgehead atoms. The molecule has 0 unspecified atom stereocenters. The average Bonchev–Trinajstić information content (AvgIpc) is 3.32. The van der Waals surface area contributed by atoms with Crippen LogP contribution in [-0.4, -0.2) is 26.8 Å².